The van der Waals surface area contributed by atoms with E-state index in [0.29, 0.717) is 28.0 Å². The van der Waals surface area contributed by atoms with Crippen LogP contribution < -0.4 is 14.8 Å². The molecule has 1 atom stereocenters. The summed E-state index contributed by atoms with van der Waals surface area (Å²) in [7, 11) is 3.13. The SMILES string of the molecule is CC[C@H](C(=O)NC)N(Cc1ccc(OC)cc1)C(=O)COc1ccc(Cl)cc1Cl. The van der Waals surface area contributed by atoms with Crippen molar-refractivity contribution < 1.29 is 19.1 Å². The molecule has 2 aromatic carbocycles. The Labute approximate surface area is 180 Å². The molecule has 29 heavy (non-hydrogen) atoms. The fraction of sp³-hybridized carbons (Fsp3) is 0.333. The lowest BCUT2D eigenvalue weighted by Crippen LogP contribution is -2.49. The molecule has 2 aromatic rings. The first-order chi connectivity index (χ1) is 13.9. The average Bonchev–Trinajstić information content (AvgIpc) is 2.73. The second-order valence-corrected chi connectivity index (χ2v) is 7.12. The van der Waals surface area contributed by atoms with Crippen LogP contribution in [0.1, 0.15) is 18.9 Å². The number of hydrogen-bond donors (Lipinski definition) is 1. The van der Waals surface area contributed by atoms with Gasteiger partial charge in [0.15, 0.2) is 6.61 Å². The maximum absolute atomic E-state index is 13.0. The normalized spacial score (nSPS) is 11.5. The van der Waals surface area contributed by atoms with Crippen molar-refractivity contribution in [3.8, 4) is 11.5 Å². The molecule has 0 unspecified atom stereocenters. The number of hydrogen-bond acceptors (Lipinski definition) is 4. The molecule has 0 bridgehead atoms. The predicted octanol–water partition coefficient (Wildman–Crippen LogP) is 3.93. The molecule has 1 N–H and O–H groups in total. The fourth-order valence-electron chi connectivity index (χ4n) is 2.83. The Morgan fingerprint density at radius 3 is 2.38 bits per heavy atom. The van der Waals surface area contributed by atoms with E-state index in [1.807, 2.05) is 31.2 Å². The lowest BCUT2D eigenvalue weighted by atomic mass is 10.1. The highest BCUT2D eigenvalue weighted by molar-refractivity contribution is 6.35. The molecular formula is C21H24Cl2N2O4. The molecule has 2 rings (SSSR count). The van der Waals surface area contributed by atoms with E-state index >= 15 is 0 Å². The number of carbonyl (C=O) groups is 2. The van der Waals surface area contributed by atoms with Gasteiger partial charge in [-0.05, 0) is 42.3 Å². The number of rotatable bonds is 9. The summed E-state index contributed by atoms with van der Waals surface area (Å²) < 4.78 is 10.7. The zero-order valence-corrected chi connectivity index (χ0v) is 18.1. The lowest BCUT2D eigenvalue weighted by molar-refractivity contribution is -0.142. The van der Waals surface area contributed by atoms with Gasteiger partial charge in [-0.1, -0.05) is 42.3 Å². The van der Waals surface area contributed by atoms with Crippen LogP contribution in [0.3, 0.4) is 0 Å². The van der Waals surface area contributed by atoms with Crippen LogP contribution in [0.4, 0.5) is 0 Å². The van der Waals surface area contributed by atoms with E-state index in [1.165, 1.54) is 11.0 Å². The van der Waals surface area contributed by atoms with E-state index in [9.17, 15) is 9.59 Å². The molecule has 0 saturated carbocycles. The van der Waals surface area contributed by atoms with Gasteiger partial charge >= 0.3 is 0 Å². The van der Waals surface area contributed by atoms with E-state index in [-0.39, 0.29) is 25.0 Å². The summed E-state index contributed by atoms with van der Waals surface area (Å²) in [5, 5.41) is 3.40. The smallest absolute Gasteiger partial charge is 0.261 e. The number of halogens is 2. The van der Waals surface area contributed by atoms with Crippen molar-refractivity contribution in [1.82, 2.24) is 10.2 Å². The molecule has 0 heterocycles. The van der Waals surface area contributed by atoms with Gasteiger partial charge in [-0.3, -0.25) is 9.59 Å². The highest BCUT2D eigenvalue weighted by Gasteiger charge is 2.28. The second kappa shape index (κ2) is 10.9. The van der Waals surface area contributed by atoms with E-state index in [0.717, 1.165) is 5.56 Å². The third-order valence-corrected chi connectivity index (χ3v) is 4.92. The zero-order chi connectivity index (χ0) is 21.4. The zero-order valence-electron chi connectivity index (χ0n) is 16.6. The molecule has 0 aromatic heterocycles. The van der Waals surface area contributed by atoms with Crippen molar-refractivity contribution in [3.63, 3.8) is 0 Å². The molecule has 0 aliphatic rings. The summed E-state index contributed by atoms with van der Waals surface area (Å²) in [5.74, 6) is 0.494. The molecule has 0 fully saturated rings. The lowest BCUT2D eigenvalue weighted by Gasteiger charge is -2.30. The van der Waals surface area contributed by atoms with E-state index < -0.39 is 6.04 Å². The highest BCUT2D eigenvalue weighted by atomic mass is 35.5. The highest BCUT2D eigenvalue weighted by Crippen LogP contribution is 2.27. The summed E-state index contributed by atoms with van der Waals surface area (Å²) in [5.41, 5.74) is 0.867. The first-order valence-electron chi connectivity index (χ1n) is 9.11. The van der Waals surface area contributed by atoms with Crippen molar-refractivity contribution >= 4 is 35.0 Å². The summed E-state index contributed by atoms with van der Waals surface area (Å²) >= 11 is 12.0. The van der Waals surface area contributed by atoms with Crippen LogP contribution in [0.5, 0.6) is 11.5 Å². The minimum Gasteiger partial charge on any atom is -0.497 e. The first-order valence-corrected chi connectivity index (χ1v) is 9.87. The molecule has 6 nitrogen and oxygen atoms in total. The minimum absolute atomic E-state index is 0.237. The van der Waals surface area contributed by atoms with Gasteiger partial charge in [0.1, 0.15) is 17.5 Å². The number of carbonyl (C=O) groups excluding carboxylic acids is 2. The third kappa shape index (κ3) is 6.27. The van der Waals surface area contributed by atoms with Crippen molar-refractivity contribution in [2.75, 3.05) is 20.8 Å². The van der Waals surface area contributed by atoms with Crippen molar-refractivity contribution in [3.05, 3.63) is 58.1 Å². The summed E-state index contributed by atoms with van der Waals surface area (Å²) in [6.07, 6.45) is 0.462. The number of amides is 2. The van der Waals surface area contributed by atoms with Crippen LogP contribution in [0.2, 0.25) is 10.0 Å². The fourth-order valence-corrected chi connectivity index (χ4v) is 3.29. The number of methoxy groups -OCH3 is 1. The number of nitrogens with one attached hydrogen (secondary N) is 1. The van der Waals surface area contributed by atoms with Crippen LogP contribution >= 0.6 is 23.2 Å². The molecule has 2 amide bonds. The van der Waals surface area contributed by atoms with Crippen LogP contribution in [0, 0.1) is 0 Å². The van der Waals surface area contributed by atoms with Gasteiger partial charge in [-0.2, -0.15) is 0 Å². The minimum atomic E-state index is -0.626. The summed E-state index contributed by atoms with van der Waals surface area (Å²) in [6, 6.07) is 11.5. The summed E-state index contributed by atoms with van der Waals surface area (Å²) in [6.45, 7) is 1.85. The maximum atomic E-state index is 13.0. The molecule has 0 radical (unpaired) electrons. The Hall–Kier alpha value is -2.44. The Kier molecular flexibility index (Phi) is 8.61. The number of ether oxygens (including phenoxy) is 2. The molecule has 156 valence electrons. The second-order valence-electron chi connectivity index (χ2n) is 6.27. The quantitative estimate of drug-likeness (QED) is 0.643. The number of likely N-dealkylation sites (N-methyl/N-ethyl adjacent to an activating group) is 1. The third-order valence-electron chi connectivity index (χ3n) is 4.39. The predicted molar refractivity (Wildman–Crippen MR) is 114 cm³/mol. The molecule has 0 aliphatic carbocycles. The van der Waals surface area contributed by atoms with Gasteiger partial charge in [-0.25, -0.2) is 0 Å². The van der Waals surface area contributed by atoms with Crippen LogP contribution in [0.15, 0.2) is 42.5 Å². The Morgan fingerprint density at radius 2 is 1.83 bits per heavy atom. The van der Waals surface area contributed by atoms with E-state index in [2.05, 4.69) is 5.32 Å². The Bertz CT molecular complexity index is 843. The van der Waals surface area contributed by atoms with Crippen LogP contribution in [-0.4, -0.2) is 43.5 Å². The summed E-state index contributed by atoms with van der Waals surface area (Å²) in [4.78, 5) is 26.8. The molecular weight excluding hydrogens is 415 g/mol. The molecule has 0 saturated heterocycles. The number of benzene rings is 2. The van der Waals surface area contributed by atoms with Gasteiger partial charge in [0.05, 0.1) is 12.1 Å². The monoisotopic (exact) mass is 438 g/mol. The number of nitrogens with zero attached hydrogens (tertiary/aromatic N) is 1. The topological polar surface area (TPSA) is 67.9 Å². The van der Waals surface area contributed by atoms with Gasteiger partial charge in [-0.15, -0.1) is 0 Å². The standard InChI is InChI=1S/C21H24Cl2N2O4/c1-4-18(21(27)24-2)25(12-14-5-8-16(28-3)9-6-14)20(26)13-29-19-10-7-15(22)11-17(19)23/h5-11,18H,4,12-13H2,1-3H3,(H,24,27)/t18-/m1/s1. The van der Waals surface area contributed by atoms with E-state index in [4.69, 9.17) is 32.7 Å². The van der Waals surface area contributed by atoms with Crippen molar-refractivity contribution in [2.24, 2.45) is 0 Å². The van der Waals surface area contributed by atoms with Gasteiger partial charge < -0.3 is 19.7 Å². The van der Waals surface area contributed by atoms with Gasteiger partial charge in [0, 0.05) is 18.6 Å². The van der Waals surface area contributed by atoms with Crippen molar-refractivity contribution in [1.29, 1.82) is 0 Å². The van der Waals surface area contributed by atoms with Crippen molar-refractivity contribution in [2.45, 2.75) is 25.9 Å². The maximum Gasteiger partial charge on any atom is 0.261 e. The molecule has 0 aliphatic heterocycles. The Balaban J connectivity index is 2.19. The van der Waals surface area contributed by atoms with Crippen LogP contribution in [0.25, 0.3) is 0 Å². The average molecular weight is 439 g/mol. The van der Waals surface area contributed by atoms with Crippen LogP contribution in [-0.2, 0) is 16.1 Å². The van der Waals surface area contributed by atoms with Gasteiger partial charge in [0.25, 0.3) is 5.91 Å². The molecule has 8 heteroatoms. The first kappa shape index (κ1) is 22.8. The largest absolute Gasteiger partial charge is 0.497 e. The van der Waals surface area contributed by atoms with Gasteiger partial charge in [0.2, 0.25) is 5.91 Å². The molecule has 0 spiro atoms. The van der Waals surface area contributed by atoms with E-state index in [1.54, 1.807) is 26.3 Å². The Morgan fingerprint density at radius 1 is 1.14 bits per heavy atom.